The predicted molar refractivity (Wildman–Crippen MR) is 217 cm³/mol. The predicted octanol–water partition coefficient (Wildman–Crippen LogP) is 7.94. The summed E-state index contributed by atoms with van der Waals surface area (Å²) in [5.41, 5.74) is 2.90. The van der Waals surface area contributed by atoms with Crippen molar-refractivity contribution < 1.29 is 53.1 Å². The molecule has 13 nitrogen and oxygen atoms in total. The highest BCUT2D eigenvalue weighted by Gasteiger charge is 2.65. The zero-order chi connectivity index (χ0) is 41.1. The van der Waals surface area contributed by atoms with Gasteiger partial charge in [0.15, 0.2) is 6.29 Å². The highest BCUT2D eigenvalue weighted by Crippen LogP contribution is 2.62. The number of ether oxygens (including phenoxy) is 6. The molecule has 2 fully saturated rings. The molecule has 2 aromatic carbocycles. The van der Waals surface area contributed by atoms with Crippen LogP contribution < -0.4 is 14.2 Å². The van der Waals surface area contributed by atoms with E-state index in [9.17, 15) is 19.8 Å². The number of unbranched alkanes of at least 4 members (excludes halogenated alkanes) is 2. The normalized spacial score (nSPS) is 26.6. The van der Waals surface area contributed by atoms with E-state index in [0.29, 0.717) is 66.7 Å². The van der Waals surface area contributed by atoms with Crippen LogP contribution in [0.5, 0.6) is 23.0 Å². The van der Waals surface area contributed by atoms with Gasteiger partial charge in [0.2, 0.25) is 12.1 Å². The van der Waals surface area contributed by atoms with Crippen molar-refractivity contribution in [1.82, 2.24) is 4.90 Å². The molecule has 1 saturated heterocycles. The number of aliphatic hydroxyl groups is 2. The summed E-state index contributed by atoms with van der Waals surface area (Å²) in [6.45, 7) is 7.31. The third-order valence-electron chi connectivity index (χ3n) is 11.9. The van der Waals surface area contributed by atoms with Crippen molar-refractivity contribution in [2.75, 3.05) is 47.2 Å². The third kappa shape index (κ3) is 9.22. The number of carbonyl (C=O) groups excluding carboxylic acids is 2. The minimum Gasteiger partial charge on any atom is -0.496 e. The van der Waals surface area contributed by atoms with Crippen LogP contribution >= 0.6 is 0 Å². The van der Waals surface area contributed by atoms with Crippen molar-refractivity contribution in [2.24, 2.45) is 22.9 Å². The van der Waals surface area contributed by atoms with Crippen LogP contribution in [0.25, 0.3) is 0 Å². The second kappa shape index (κ2) is 20.5. The summed E-state index contributed by atoms with van der Waals surface area (Å²) in [6.07, 6.45) is 11.9. The van der Waals surface area contributed by atoms with Gasteiger partial charge in [0.05, 0.1) is 44.6 Å². The van der Waals surface area contributed by atoms with Crippen molar-refractivity contribution in [3.63, 3.8) is 0 Å². The van der Waals surface area contributed by atoms with E-state index in [2.05, 4.69) is 12.7 Å². The minimum atomic E-state index is -1.40. The number of amides is 1. The number of methoxy groups -OCH3 is 2. The van der Waals surface area contributed by atoms with Gasteiger partial charge in [0.1, 0.15) is 29.0 Å². The van der Waals surface area contributed by atoms with Gasteiger partial charge < -0.3 is 43.5 Å². The summed E-state index contributed by atoms with van der Waals surface area (Å²) in [5.74, 6) is 0.0380. The SMILES string of the molecule is C=CCOC12Oc3ccc(Oc4ccc(OC)c(C=O)c4)cc3C3C(CCCCO)C(CCCCO)C=C(C(=NOC4CCCCO4)CC1N(CCC)C(=O)OC)C32. The number of fused-ring (bicyclic) bond motifs is 2. The van der Waals surface area contributed by atoms with Gasteiger partial charge in [0.25, 0.3) is 0 Å². The molecule has 58 heavy (non-hydrogen) atoms. The van der Waals surface area contributed by atoms with Crippen LogP contribution in [0.1, 0.15) is 99.4 Å². The van der Waals surface area contributed by atoms with Gasteiger partial charge in [-0.2, -0.15) is 0 Å². The van der Waals surface area contributed by atoms with Crippen LogP contribution in [0.15, 0.2) is 65.9 Å². The fourth-order valence-corrected chi connectivity index (χ4v) is 9.37. The molecule has 7 atom stereocenters. The van der Waals surface area contributed by atoms with Crippen LogP contribution in [0.2, 0.25) is 0 Å². The summed E-state index contributed by atoms with van der Waals surface area (Å²) in [5, 5.41) is 24.7. The topological polar surface area (TPSA) is 155 Å². The highest BCUT2D eigenvalue weighted by atomic mass is 16.8. The number of aldehydes is 1. The Morgan fingerprint density at radius 3 is 2.52 bits per heavy atom. The monoisotopic (exact) mass is 804 g/mol. The molecule has 316 valence electrons. The van der Waals surface area contributed by atoms with Crippen molar-refractivity contribution >= 4 is 18.1 Å². The van der Waals surface area contributed by atoms with E-state index in [-0.39, 0.29) is 44.0 Å². The fourth-order valence-electron chi connectivity index (χ4n) is 9.37. The molecule has 0 radical (unpaired) electrons. The first kappa shape index (κ1) is 43.2. The minimum absolute atomic E-state index is 0.0339. The maximum absolute atomic E-state index is 13.8. The summed E-state index contributed by atoms with van der Waals surface area (Å²) >= 11 is 0. The molecular weight excluding hydrogens is 744 g/mol. The lowest BCUT2D eigenvalue weighted by Crippen LogP contribution is -2.70. The molecule has 4 aliphatic rings. The maximum Gasteiger partial charge on any atom is 0.409 e. The third-order valence-corrected chi connectivity index (χ3v) is 11.9. The average molecular weight is 805 g/mol. The number of benzene rings is 2. The first-order valence-electron chi connectivity index (χ1n) is 20.9. The van der Waals surface area contributed by atoms with Crippen LogP contribution in [-0.4, -0.2) is 98.5 Å². The molecule has 2 heterocycles. The Labute approximate surface area is 341 Å². The first-order chi connectivity index (χ1) is 28.4. The van der Waals surface area contributed by atoms with E-state index in [1.807, 2.05) is 25.1 Å². The van der Waals surface area contributed by atoms with E-state index in [1.165, 1.54) is 14.2 Å². The Hall–Kier alpha value is -4.43. The standard InChI is InChI=1S/C45H60N2O11/c1-5-20-47(44(51)53-4)40-28-37(46-58-41-15-9-12-24-54-41)35-26-30(13-7-10-21-48)34(14-8-11-22-49)42-36-27-33(56-32-16-18-38(52-3)31(25-32)29-50)17-19-39(36)57-45(40,43(35)42)55-23-6-2/h6,16-19,25-27,29-30,34,40-43,48-49H,2,5,7-15,20-24,28H2,1,3-4H3. The molecule has 2 N–H and O–H groups in total. The summed E-state index contributed by atoms with van der Waals surface area (Å²) in [4.78, 5) is 33.6. The number of hydrogen-bond donors (Lipinski definition) is 2. The molecule has 0 spiro atoms. The van der Waals surface area contributed by atoms with Crippen LogP contribution in [0, 0.1) is 17.8 Å². The van der Waals surface area contributed by atoms with Crippen molar-refractivity contribution in [3.05, 3.63) is 71.8 Å². The van der Waals surface area contributed by atoms with E-state index in [0.717, 1.165) is 62.4 Å². The lowest BCUT2D eigenvalue weighted by Gasteiger charge is -2.59. The number of aliphatic hydroxyl groups excluding tert-OH is 2. The molecule has 2 aromatic rings. The smallest absolute Gasteiger partial charge is 0.409 e. The van der Waals surface area contributed by atoms with Crippen LogP contribution in [0.4, 0.5) is 4.79 Å². The van der Waals surface area contributed by atoms with E-state index >= 15 is 0 Å². The van der Waals surface area contributed by atoms with Gasteiger partial charge >= 0.3 is 6.09 Å². The zero-order valence-electron chi connectivity index (χ0n) is 34.1. The summed E-state index contributed by atoms with van der Waals surface area (Å²) in [7, 11) is 2.90. The van der Waals surface area contributed by atoms with Gasteiger partial charge in [-0.1, -0.05) is 37.1 Å². The average Bonchev–Trinajstić information content (AvgIpc) is 3.25. The zero-order valence-corrected chi connectivity index (χ0v) is 34.1. The molecule has 0 aromatic heterocycles. The van der Waals surface area contributed by atoms with Gasteiger partial charge in [0, 0.05) is 44.1 Å². The van der Waals surface area contributed by atoms with Crippen LogP contribution in [-0.2, 0) is 19.0 Å². The Morgan fingerprint density at radius 1 is 1.05 bits per heavy atom. The summed E-state index contributed by atoms with van der Waals surface area (Å²) in [6, 6.07) is 10.1. The molecular formula is C45H60N2O11. The molecule has 7 unspecified atom stereocenters. The van der Waals surface area contributed by atoms with Crippen LogP contribution in [0.3, 0.4) is 0 Å². The molecule has 13 heteroatoms. The van der Waals surface area contributed by atoms with Crippen molar-refractivity contribution in [2.45, 2.75) is 102 Å². The molecule has 1 amide bonds. The number of oxime groups is 1. The molecule has 2 aliphatic heterocycles. The Balaban J connectivity index is 1.57. The Morgan fingerprint density at radius 2 is 1.83 bits per heavy atom. The van der Waals surface area contributed by atoms with E-state index < -0.39 is 30.1 Å². The van der Waals surface area contributed by atoms with Gasteiger partial charge in [-0.05, 0) is 98.8 Å². The number of carbonyl (C=O) groups is 2. The Kier molecular flexibility index (Phi) is 15.3. The summed E-state index contributed by atoms with van der Waals surface area (Å²) < 4.78 is 37.4. The highest BCUT2D eigenvalue weighted by molar-refractivity contribution is 6.03. The molecule has 2 aliphatic carbocycles. The fraction of sp³-hybridized carbons (Fsp3) is 0.578. The Bertz CT molecular complexity index is 1770. The quantitative estimate of drug-likeness (QED) is 0.0580. The number of rotatable bonds is 20. The lowest BCUT2D eigenvalue weighted by molar-refractivity contribution is -0.255. The molecule has 6 rings (SSSR count). The van der Waals surface area contributed by atoms with Gasteiger partial charge in [-0.15, -0.1) is 6.58 Å². The van der Waals surface area contributed by atoms with Gasteiger partial charge in [-0.25, -0.2) is 4.79 Å². The maximum atomic E-state index is 13.8. The second-order valence-corrected chi connectivity index (χ2v) is 15.5. The largest absolute Gasteiger partial charge is 0.496 e. The lowest BCUT2D eigenvalue weighted by atomic mass is 9.55. The number of hydrogen-bond acceptors (Lipinski definition) is 12. The van der Waals surface area contributed by atoms with Gasteiger partial charge in [-0.3, -0.25) is 9.69 Å². The van der Waals surface area contributed by atoms with Crippen molar-refractivity contribution in [1.29, 1.82) is 0 Å². The second-order valence-electron chi connectivity index (χ2n) is 15.5. The molecule has 0 bridgehead atoms. The first-order valence-corrected chi connectivity index (χ1v) is 20.9. The van der Waals surface area contributed by atoms with Crippen molar-refractivity contribution in [3.8, 4) is 23.0 Å². The molecule has 1 saturated carbocycles. The number of allylic oxidation sites excluding steroid dienone is 1. The number of nitrogens with zero attached hydrogens (tertiary/aromatic N) is 2. The van der Waals surface area contributed by atoms with E-state index in [1.54, 1.807) is 29.2 Å². The van der Waals surface area contributed by atoms with E-state index in [4.69, 9.17) is 38.4 Å².